The molecule has 1 N–H and O–H groups in total. The zero-order valence-corrected chi connectivity index (χ0v) is 15.6. The van der Waals surface area contributed by atoms with Crippen LogP contribution in [0.25, 0.3) is 0 Å². The summed E-state index contributed by atoms with van der Waals surface area (Å²) in [5.74, 6) is 0. The summed E-state index contributed by atoms with van der Waals surface area (Å²) in [4.78, 5) is 17.2. The lowest BCUT2D eigenvalue weighted by molar-refractivity contribution is -0.151. The van der Waals surface area contributed by atoms with Crippen LogP contribution in [0.1, 0.15) is 37.5 Å². The number of ether oxygens (including phenoxy) is 1. The average molecular weight is 354 g/mol. The molecule has 0 unspecified atom stereocenters. The van der Waals surface area contributed by atoms with Crippen molar-refractivity contribution in [1.29, 1.82) is 0 Å². The summed E-state index contributed by atoms with van der Waals surface area (Å²) in [6.07, 6.45) is 0.191. The van der Waals surface area contributed by atoms with Gasteiger partial charge in [0.25, 0.3) is 0 Å². The van der Waals surface area contributed by atoms with Crippen molar-refractivity contribution in [3.63, 3.8) is 0 Å². The van der Waals surface area contributed by atoms with Gasteiger partial charge in [-0.3, -0.25) is 0 Å². The highest BCUT2D eigenvalue weighted by atomic mass is 16.8. The van der Waals surface area contributed by atoms with E-state index in [1.165, 1.54) is 11.1 Å². The molecule has 0 bridgehead atoms. The summed E-state index contributed by atoms with van der Waals surface area (Å²) in [5.41, 5.74) is 4.20. The predicted molar refractivity (Wildman–Crippen MR) is 102 cm³/mol. The molecule has 2 aromatic carbocycles. The molecule has 1 aliphatic heterocycles. The molecule has 3 rings (SSSR count). The second-order valence-electron chi connectivity index (χ2n) is 7.49. The highest BCUT2D eigenvalue weighted by Crippen LogP contribution is 2.24. The van der Waals surface area contributed by atoms with Crippen LogP contribution >= 0.6 is 0 Å². The summed E-state index contributed by atoms with van der Waals surface area (Å²) in [7, 11) is 0. The number of rotatable bonds is 4. The van der Waals surface area contributed by atoms with Crippen molar-refractivity contribution >= 4 is 11.8 Å². The molecule has 138 valence electrons. The smallest absolute Gasteiger partial charge is 0.427 e. The third kappa shape index (κ3) is 5.23. The zero-order valence-electron chi connectivity index (χ0n) is 15.6. The van der Waals surface area contributed by atoms with Crippen LogP contribution in [-0.2, 0) is 29.1 Å². The molecule has 0 aromatic heterocycles. The average Bonchev–Trinajstić information content (AvgIpc) is 2.59. The lowest BCUT2D eigenvalue weighted by Crippen LogP contribution is -2.35. The van der Waals surface area contributed by atoms with Gasteiger partial charge in [0.05, 0.1) is 6.54 Å². The Morgan fingerprint density at radius 1 is 1.12 bits per heavy atom. The maximum absolute atomic E-state index is 11.9. The highest BCUT2D eigenvalue weighted by Gasteiger charge is 2.23. The van der Waals surface area contributed by atoms with Gasteiger partial charge in [0.15, 0.2) is 0 Å². The maximum atomic E-state index is 11.9. The maximum Gasteiger partial charge on any atom is 0.528 e. The fourth-order valence-corrected chi connectivity index (χ4v) is 2.89. The number of hydrogen-bond donors (Lipinski definition) is 1. The number of fused-ring (bicyclic) bond motifs is 1. The van der Waals surface area contributed by atoms with Crippen LogP contribution in [0.2, 0.25) is 0 Å². The minimum absolute atomic E-state index is 0.556. The van der Waals surface area contributed by atoms with E-state index in [4.69, 9.17) is 9.57 Å². The molecular weight excluding hydrogens is 328 g/mol. The number of anilines is 1. The number of carbonyl (C=O) groups excluding carboxylic acids is 1. The second-order valence-corrected chi connectivity index (χ2v) is 7.49. The van der Waals surface area contributed by atoms with E-state index >= 15 is 0 Å². The van der Waals surface area contributed by atoms with Crippen LogP contribution < -0.4 is 5.32 Å². The number of benzene rings is 2. The monoisotopic (exact) mass is 354 g/mol. The lowest BCUT2D eigenvalue weighted by Gasteiger charge is -2.28. The minimum Gasteiger partial charge on any atom is -0.427 e. The summed E-state index contributed by atoms with van der Waals surface area (Å²) < 4.78 is 5.22. The zero-order chi connectivity index (χ0) is 18.6. The topological polar surface area (TPSA) is 50.8 Å². The van der Waals surface area contributed by atoms with Gasteiger partial charge in [0.1, 0.15) is 5.60 Å². The van der Waals surface area contributed by atoms with Crippen LogP contribution in [0.4, 0.5) is 10.5 Å². The molecule has 0 amide bonds. The molecule has 0 aliphatic carbocycles. The molecule has 0 fully saturated rings. The first-order chi connectivity index (χ1) is 12.4. The number of hydrogen-bond acceptors (Lipinski definition) is 5. The summed E-state index contributed by atoms with van der Waals surface area (Å²) >= 11 is 0. The number of carbonyl (C=O) groups is 1. The lowest BCUT2D eigenvalue weighted by atomic mass is 10.00. The van der Waals surface area contributed by atoms with Gasteiger partial charge in [0, 0.05) is 18.8 Å². The fourth-order valence-electron chi connectivity index (χ4n) is 2.89. The second kappa shape index (κ2) is 7.79. The van der Waals surface area contributed by atoms with Crippen molar-refractivity contribution in [2.24, 2.45) is 0 Å². The van der Waals surface area contributed by atoms with Crippen LogP contribution in [0.5, 0.6) is 0 Å². The van der Waals surface area contributed by atoms with Crippen LogP contribution in [0.3, 0.4) is 0 Å². The summed E-state index contributed by atoms with van der Waals surface area (Å²) in [6, 6.07) is 16.7. The molecule has 5 nitrogen and oxygen atoms in total. The first kappa shape index (κ1) is 18.3. The molecule has 1 aliphatic rings. The Balaban J connectivity index is 1.59. The van der Waals surface area contributed by atoms with Crippen molar-refractivity contribution < 1.29 is 14.4 Å². The van der Waals surface area contributed by atoms with E-state index in [0.717, 1.165) is 24.2 Å². The molecule has 26 heavy (non-hydrogen) atoms. The van der Waals surface area contributed by atoms with E-state index < -0.39 is 11.8 Å². The van der Waals surface area contributed by atoms with E-state index in [-0.39, 0.29) is 0 Å². The van der Waals surface area contributed by atoms with Gasteiger partial charge in [-0.05, 0) is 56.0 Å². The Kier molecular flexibility index (Phi) is 5.47. The van der Waals surface area contributed by atoms with Gasteiger partial charge in [-0.15, -0.1) is 5.06 Å². The summed E-state index contributed by atoms with van der Waals surface area (Å²) in [6.45, 7) is 7.48. The van der Waals surface area contributed by atoms with Gasteiger partial charge in [-0.2, -0.15) is 0 Å². The van der Waals surface area contributed by atoms with Crippen LogP contribution in [0.15, 0.2) is 48.5 Å². The molecular formula is C21H26N2O3. The third-order valence-electron chi connectivity index (χ3n) is 4.12. The normalized spacial score (nSPS) is 14.4. The molecule has 0 atom stereocenters. The first-order valence-electron chi connectivity index (χ1n) is 8.94. The van der Waals surface area contributed by atoms with Crippen molar-refractivity contribution in [3.05, 3.63) is 65.2 Å². The van der Waals surface area contributed by atoms with Gasteiger partial charge in [-0.25, -0.2) is 4.79 Å². The van der Waals surface area contributed by atoms with Gasteiger partial charge >= 0.3 is 6.16 Å². The standard InChI is InChI=1S/C21H26N2O3/c1-21(2,3)25-20(24)26-23-12-11-17-9-10-19(13-18(17)15-23)22-14-16-7-5-4-6-8-16/h4-10,13,22H,11-12,14-15H2,1-3H3. The minimum atomic E-state index is -0.653. The van der Waals surface area contributed by atoms with Gasteiger partial charge in [-0.1, -0.05) is 36.4 Å². The molecule has 0 saturated heterocycles. The third-order valence-corrected chi connectivity index (χ3v) is 4.12. The largest absolute Gasteiger partial charge is 0.528 e. The highest BCUT2D eigenvalue weighted by molar-refractivity contribution is 5.60. The van der Waals surface area contributed by atoms with Crippen LogP contribution in [0, 0.1) is 0 Å². The SMILES string of the molecule is CC(C)(C)OC(=O)ON1CCc2ccc(NCc3ccccc3)cc2C1. The van der Waals surface area contributed by atoms with Crippen molar-refractivity contribution in [1.82, 2.24) is 5.06 Å². The van der Waals surface area contributed by atoms with Crippen molar-refractivity contribution in [3.8, 4) is 0 Å². The predicted octanol–water partition coefficient (Wildman–Crippen LogP) is 4.52. The van der Waals surface area contributed by atoms with E-state index in [0.29, 0.717) is 13.1 Å². The van der Waals surface area contributed by atoms with E-state index in [2.05, 4.69) is 35.6 Å². The summed E-state index contributed by atoms with van der Waals surface area (Å²) in [5, 5.41) is 5.11. The van der Waals surface area contributed by atoms with Gasteiger partial charge < -0.3 is 14.9 Å². The number of nitrogens with zero attached hydrogens (tertiary/aromatic N) is 1. The molecule has 0 saturated carbocycles. The Hall–Kier alpha value is -2.53. The molecule has 0 radical (unpaired) electrons. The van der Waals surface area contributed by atoms with Crippen molar-refractivity contribution in [2.45, 2.75) is 45.9 Å². The molecule has 1 heterocycles. The Morgan fingerprint density at radius 2 is 1.88 bits per heavy atom. The number of nitrogens with one attached hydrogen (secondary N) is 1. The first-order valence-corrected chi connectivity index (χ1v) is 8.94. The van der Waals surface area contributed by atoms with Crippen molar-refractivity contribution in [2.75, 3.05) is 11.9 Å². The van der Waals surface area contributed by atoms with E-state index in [1.807, 2.05) is 39.0 Å². The van der Waals surface area contributed by atoms with E-state index in [1.54, 1.807) is 5.06 Å². The molecule has 0 spiro atoms. The molecule has 5 heteroatoms. The van der Waals surface area contributed by atoms with E-state index in [9.17, 15) is 4.79 Å². The fraction of sp³-hybridized carbons (Fsp3) is 0.381. The Labute approximate surface area is 154 Å². The Morgan fingerprint density at radius 3 is 2.62 bits per heavy atom. The number of hydroxylamine groups is 2. The quantitative estimate of drug-likeness (QED) is 0.818. The van der Waals surface area contributed by atoms with Crippen LogP contribution in [-0.4, -0.2) is 23.4 Å². The van der Waals surface area contributed by atoms with Gasteiger partial charge in [0.2, 0.25) is 0 Å². The Bertz CT molecular complexity index is 754. The molecule has 2 aromatic rings.